The van der Waals surface area contributed by atoms with E-state index in [-0.39, 0.29) is 59.1 Å². The number of alkyl halides is 4. The summed E-state index contributed by atoms with van der Waals surface area (Å²) in [6.07, 6.45) is 6.82. The second kappa shape index (κ2) is 29.3. The van der Waals surface area contributed by atoms with Crippen molar-refractivity contribution in [2.45, 2.75) is 130 Å². The van der Waals surface area contributed by atoms with Crippen LogP contribution in [0.4, 0.5) is 51.9 Å². The summed E-state index contributed by atoms with van der Waals surface area (Å²) >= 11 is 0. The van der Waals surface area contributed by atoms with E-state index in [4.69, 9.17) is 13.9 Å². The highest BCUT2D eigenvalue weighted by atomic mass is 28.4. The number of pyridine rings is 2. The molecule has 0 aliphatic carbocycles. The second-order valence-corrected chi connectivity index (χ2v) is 30.1. The molecule has 10 rings (SSSR count). The lowest BCUT2D eigenvalue weighted by atomic mass is 9.99. The summed E-state index contributed by atoms with van der Waals surface area (Å²) in [6.45, 7) is 20.2. The molecule has 4 fully saturated rings. The Labute approximate surface area is 523 Å². The monoisotopic (exact) mass is 1240 g/mol. The number of benzene rings is 4. The molecule has 6 aromatic rings. The highest BCUT2D eigenvalue weighted by molar-refractivity contribution is 6.74. The van der Waals surface area contributed by atoms with Gasteiger partial charge in [-0.2, -0.15) is 17.6 Å². The van der Waals surface area contributed by atoms with Crippen molar-refractivity contribution >= 4 is 54.5 Å². The summed E-state index contributed by atoms with van der Waals surface area (Å²) < 4.78 is 67.9. The molecule has 0 radical (unpaired) electrons. The Kier molecular flexibility index (Phi) is 21.7. The highest BCUT2D eigenvalue weighted by Crippen LogP contribution is 2.38. The average molecular weight is 1250 g/mol. The van der Waals surface area contributed by atoms with Crippen molar-refractivity contribution in [3.05, 3.63) is 155 Å². The molecular formula is C68H88F4N10O6Si. The smallest absolute Gasteiger partial charge is 0.387 e. The molecule has 4 saturated heterocycles. The van der Waals surface area contributed by atoms with Crippen molar-refractivity contribution in [2.24, 2.45) is 0 Å². The lowest BCUT2D eigenvalue weighted by Crippen LogP contribution is -2.58. The van der Waals surface area contributed by atoms with Crippen LogP contribution in [0.3, 0.4) is 0 Å². The minimum Gasteiger partial charge on any atom is -0.433 e. The molecular weight excluding hydrogens is 1160 g/mol. The number of rotatable bonds is 18. The normalized spacial score (nSPS) is 18.0. The zero-order valence-corrected chi connectivity index (χ0v) is 53.9. The van der Waals surface area contributed by atoms with Crippen LogP contribution in [0, 0.1) is 27.7 Å². The van der Waals surface area contributed by atoms with E-state index < -0.39 is 21.5 Å². The second-order valence-electron chi connectivity index (χ2n) is 25.3. The van der Waals surface area contributed by atoms with Crippen LogP contribution in [0.1, 0.15) is 89.4 Å². The van der Waals surface area contributed by atoms with E-state index in [0.717, 1.165) is 70.9 Å². The van der Waals surface area contributed by atoms with Crippen LogP contribution in [-0.2, 0) is 4.43 Å². The summed E-state index contributed by atoms with van der Waals surface area (Å²) in [4.78, 5) is 49.3. The zero-order valence-electron chi connectivity index (χ0n) is 52.9. The summed E-state index contributed by atoms with van der Waals surface area (Å²) in [5.74, 6) is 2.08. The number of aliphatic hydroxyl groups is 1. The third-order valence-electron chi connectivity index (χ3n) is 18.2. The zero-order chi connectivity index (χ0) is 63.6. The minimum absolute atomic E-state index is 0.0171. The quantitative estimate of drug-likeness (QED) is 0.0553. The Morgan fingerprint density at radius 2 is 0.978 bits per heavy atom. The van der Waals surface area contributed by atoms with E-state index in [1.165, 1.54) is 0 Å². The van der Waals surface area contributed by atoms with Crippen LogP contribution in [0.15, 0.2) is 122 Å². The molecule has 0 bridgehead atoms. The van der Waals surface area contributed by atoms with Gasteiger partial charge >= 0.3 is 13.2 Å². The fourth-order valence-corrected chi connectivity index (χ4v) is 13.2. The number of halogens is 4. The van der Waals surface area contributed by atoms with Crippen molar-refractivity contribution in [1.82, 2.24) is 19.8 Å². The minimum atomic E-state index is -2.86. The lowest BCUT2D eigenvalue weighted by molar-refractivity contribution is -0.0502. The number of aromatic nitrogens is 2. The van der Waals surface area contributed by atoms with Crippen molar-refractivity contribution < 1.29 is 46.2 Å². The first-order valence-electron chi connectivity index (χ1n) is 31.1. The fraction of sp³-hybridized carbons (Fsp3) is 0.471. The van der Waals surface area contributed by atoms with E-state index in [0.29, 0.717) is 94.6 Å². The average Bonchev–Trinajstić information content (AvgIpc) is 2.11. The molecule has 2 aromatic heterocycles. The SMILES string of the molecule is Cc1cc(C)c(C(=O)N2CCN(c3ccccn3)C(CO)C2)cc1NC1CCN(c2ccccc2OC(F)F)CC1.Cc1cc(C)c(C(=O)N2CCN(c3ccccn3)[C@H](CO[Si](C)(C)C(C)(C)C)C2)cc1NC1CCN(c2ccccc2OC(F)F)CC1. The highest BCUT2D eigenvalue weighted by Gasteiger charge is 2.40. The predicted octanol–water partition coefficient (Wildman–Crippen LogP) is 12.4. The van der Waals surface area contributed by atoms with E-state index in [1.807, 2.05) is 116 Å². The van der Waals surface area contributed by atoms with Crippen LogP contribution in [0.25, 0.3) is 0 Å². The number of aryl methyl sites for hydroxylation is 4. The summed E-state index contributed by atoms with van der Waals surface area (Å²) in [7, 11) is -2.01. The molecule has 89 heavy (non-hydrogen) atoms. The van der Waals surface area contributed by atoms with Gasteiger partial charge in [-0.15, -0.1) is 0 Å². The van der Waals surface area contributed by atoms with Gasteiger partial charge in [0.05, 0.1) is 36.7 Å². The van der Waals surface area contributed by atoms with Gasteiger partial charge in [-0.05, 0) is 154 Å². The first kappa shape index (κ1) is 65.8. The summed E-state index contributed by atoms with van der Waals surface area (Å²) in [6, 6.07) is 33.7. The van der Waals surface area contributed by atoms with Crippen LogP contribution in [-0.4, -0.2) is 161 Å². The number of hydrogen-bond donors (Lipinski definition) is 3. The van der Waals surface area contributed by atoms with Gasteiger partial charge in [0.25, 0.3) is 11.8 Å². The van der Waals surface area contributed by atoms with Gasteiger partial charge in [-0.1, -0.05) is 69.3 Å². The topological polar surface area (TPSA) is 151 Å². The van der Waals surface area contributed by atoms with Crippen LogP contribution in [0.5, 0.6) is 11.5 Å². The van der Waals surface area contributed by atoms with Crippen LogP contribution < -0.4 is 39.7 Å². The fourth-order valence-electron chi connectivity index (χ4n) is 12.2. The number of nitrogens with one attached hydrogen (secondary N) is 2. The number of aliphatic hydroxyl groups excluding tert-OH is 1. The first-order valence-corrected chi connectivity index (χ1v) is 34.0. The third kappa shape index (κ3) is 16.4. The molecule has 6 heterocycles. The molecule has 3 N–H and O–H groups in total. The molecule has 4 aromatic carbocycles. The van der Waals surface area contributed by atoms with Crippen molar-refractivity contribution in [1.29, 1.82) is 0 Å². The largest absolute Gasteiger partial charge is 0.433 e. The maximum Gasteiger partial charge on any atom is 0.387 e. The van der Waals surface area contributed by atoms with Crippen molar-refractivity contribution in [3.63, 3.8) is 0 Å². The molecule has 1 unspecified atom stereocenters. The van der Waals surface area contributed by atoms with Crippen LogP contribution >= 0.6 is 0 Å². The van der Waals surface area contributed by atoms with E-state index >= 15 is 0 Å². The number of hydrogen-bond acceptors (Lipinski definition) is 14. The molecule has 21 heteroatoms. The third-order valence-corrected chi connectivity index (χ3v) is 22.7. The number of carbonyl (C=O) groups is 2. The Balaban J connectivity index is 0.000000214. The maximum atomic E-state index is 14.2. The summed E-state index contributed by atoms with van der Waals surface area (Å²) in [5.41, 5.74) is 8.60. The van der Waals surface area contributed by atoms with Gasteiger partial charge < -0.3 is 59.0 Å². The first-order chi connectivity index (χ1) is 42.6. The van der Waals surface area contributed by atoms with Crippen LogP contribution in [0.2, 0.25) is 18.1 Å². The Morgan fingerprint density at radius 1 is 0.573 bits per heavy atom. The number of piperidine rings is 2. The number of amides is 2. The molecule has 0 saturated carbocycles. The molecule has 478 valence electrons. The number of para-hydroxylation sites is 4. The van der Waals surface area contributed by atoms with Gasteiger partial charge in [0.15, 0.2) is 8.32 Å². The number of anilines is 6. The predicted molar refractivity (Wildman–Crippen MR) is 348 cm³/mol. The lowest BCUT2D eigenvalue weighted by Gasteiger charge is -2.44. The van der Waals surface area contributed by atoms with Crippen molar-refractivity contribution in [2.75, 3.05) is 109 Å². The number of carbonyl (C=O) groups excluding carboxylic acids is 2. The molecule has 4 aliphatic heterocycles. The van der Waals surface area contributed by atoms with E-state index in [2.05, 4.69) is 87.1 Å². The molecule has 16 nitrogen and oxygen atoms in total. The summed E-state index contributed by atoms with van der Waals surface area (Å²) in [5, 5.41) is 17.5. The van der Waals surface area contributed by atoms with E-state index in [1.54, 1.807) is 30.5 Å². The standard InChI is InChI=1S/C37H51F2N5O3Si.C31H37F2N5O3/c1-26-22-27(2)31(41-28-15-18-42(19-16-28)32-12-8-9-13-33(32)47-36(38)39)23-30(26)35(45)43-20-21-44(34-14-10-11-17-40-34)29(24-43)25-46-48(6,7)37(3,4)5;1-21-17-22(2)26(35-23-10-13-36(14-11-23)27-7-3-4-8-28(27)41-31(32)33)18-25(21)30(40)37-15-16-38(24(19-37)20-39)29-9-5-6-12-34-29/h8-14,17,22-23,28-29,36,41H,15-16,18-21,24-25H2,1-7H3;3-9,12,17-18,23-24,31,35,39H,10-11,13-16,19-20H2,1-2H3/t29-;/m0./s1. The number of ether oxygens (including phenoxy) is 2. The maximum absolute atomic E-state index is 14.2. The number of nitrogens with zero attached hydrogens (tertiary/aromatic N) is 8. The Morgan fingerprint density at radius 3 is 1.37 bits per heavy atom. The van der Waals surface area contributed by atoms with Gasteiger partial charge in [-0.3, -0.25) is 9.59 Å². The van der Waals surface area contributed by atoms with Crippen molar-refractivity contribution in [3.8, 4) is 11.5 Å². The molecule has 2 amide bonds. The van der Waals surface area contributed by atoms with Gasteiger partial charge in [0.1, 0.15) is 23.1 Å². The Bertz CT molecular complexity index is 3310. The Hall–Kier alpha value is -7.62. The number of piperazine rings is 2. The molecule has 4 aliphatic rings. The van der Waals surface area contributed by atoms with Gasteiger partial charge in [0, 0.05) is 112 Å². The molecule has 0 spiro atoms. The van der Waals surface area contributed by atoms with Gasteiger partial charge in [0.2, 0.25) is 0 Å². The molecule has 2 atom stereocenters. The van der Waals surface area contributed by atoms with E-state index in [9.17, 15) is 32.3 Å². The van der Waals surface area contributed by atoms with Gasteiger partial charge in [-0.25, -0.2) is 9.97 Å².